The zero-order valence-corrected chi connectivity index (χ0v) is 67.8. The summed E-state index contributed by atoms with van der Waals surface area (Å²) >= 11 is 0. The summed E-state index contributed by atoms with van der Waals surface area (Å²) in [7, 11) is -3.67. The van der Waals surface area contributed by atoms with Gasteiger partial charge in [0.15, 0.2) is 16.8 Å². The largest absolute Gasteiger partial charge is 0.479 e. The molecule has 3 aromatic carbocycles. The number of aliphatic hydroxyl groups excluding tert-OH is 3. The van der Waals surface area contributed by atoms with Crippen LogP contribution in [0, 0.1) is 38.2 Å². The number of carbonyl (C=O) groups is 6. The lowest BCUT2D eigenvalue weighted by molar-refractivity contribution is -0.214. The summed E-state index contributed by atoms with van der Waals surface area (Å²) in [6.45, 7) is 8.96. The van der Waals surface area contributed by atoms with Crippen LogP contribution in [0.4, 0.5) is 52.7 Å². The number of halogens is 12. The minimum Gasteiger partial charge on any atom is -0.479 e. The van der Waals surface area contributed by atoms with E-state index in [4.69, 9.17) is 39.7 Å². The predicted octanol–water partition coefficient (Wildman–Crippen LogP) is 7.08. The van der Waals surface area contributed by atoms with E-state index in [1.165, 1.54) is 39.5 Å². The number of amides is 2. The first-order chi connectivity index (χ1) is 58.7. The van der Waals surface area contributed by atoms with E-state index < -0.39 is 134 Å². The van der Waals surface area contributed by atoms with Gasteiger partial charge >= 0.3 is 42.4 Å². The molecule has 0 spiro atoms. The molecule has 12 heterocycles. The number of fused-ring (bicyclic) bond motifs is 15. The Morgan fingerprint density at radius 3 is 1.02 bits per heavy atom. The molecule has 670 valence electrons. The topological polar surface area (TPSA) is 481 Å². The maximum absolute atomic E-state index is 14.9. The van der Waals surface area contributed by atoms with Crippen LogP contribution in [0.5, 0.6) is 0 Å². The van der Waals surface area contributed by atoms with E-state index in [1.54, 1.807) is 52.2 Å². The third-order valence-electron chi connectivity index (χ3n) is 24.5. The van der Waals surface area contributed by atoms with Crippen molar-refractivity contribution in [2.24, 2.45) is 5.73 Å². The number of nitrogens with zero attached hydrogens (tertiary/aromatic N) is 6. The number of alkyl halides is 9. The number of ether oxygens (including phenoxy) is 3. The summed E-state index contributed by atoms with van der Waals surface area (Å²) in [6.07, 6.45) is -22.5. The van der Waals surface area contributed by atoms with E-state index >= 15 is 0 Å². The lowest BCUT2D eigenvalue weighted by atomic mass is 9.81. The molecule has 31 nitrogen and oxygen atoms in total. The van der Waals surface area contributed by atoms with Crippen molar-refractivity contribution in [3.05, 3.63) is 185 Å². The number of aromatic nitrogens is 6. The molecule has 18 rings (SSSR count). The second-order valence-electron chi connectivity index (χ2n) is 31.7. The molecular formula is C82H75F12N9O22S. The monoisotopic (exact) mass is 1800 g/mol. The summed E-state index contributed by atoms with van der Waals surface area (Å²) in [5.74, 6) is -9.52. The molecule has 0 saturated carbocycles. The molecule has 9 aromatic rings. The van der Waals surface area contributed by atoms with Crippen molar-refractivity contribution in [3.8, 4) is 34.2 Å². The van der Waals surface area contributed by atoms with Crippen LogP contribution in [-0.4, -0.2) is 156 Å². The van der Waals surface area contributed by atoms with E-state index in [1.807, 2.05) is 0 Å². The highest BCUT2D eigenvalue weighted by molar-refractivity contribution is 7.85. The van der Waals surface area contributed by atoms with Crippen molar-refractivity contribution in [1.29, 1.82) is 0 Å². The first kappa shape index (κ1) is 90.6. The summed E-state index contributed by atoms with van der Waals surface area (Å²) < 4.78 is 202. The van der Waals surface area contributed by atoms with Gasteiger partial charge in [0.1, 0.15) is 37.3 Å². The normalized spacial score (nSPS) is 21.3. The van der Waals surface area contributed by atoms with Crippen LogP contribution in [0.15, 0.2) is 50.8 Å². The Morgan fingerprint density at radius 1 is 0.484 bits per heavy atom. The Balaban J connectivity index is 0.000000143. The van der Waals surface area contributed by atoms with Crippen LogP contribution in [-0.2, 0) is 129 Å². The first-order valence-electron chi connectivity index (χ1n) is 38.9. The van der Waals surface area contributed by atoms with Crippen LogP contribution >= 0.6 is 0 Å². The highest BCUT2D eigenvalue weighted by Crippen LogP contribution is 2.51. The van der Waals surface area contributed by atoms with Gasteiger partial charge in [0, 0.05) is 73.8 Å². The molecule has 9 atom stereocenters. The van der Waals surface area contributed by atoms with Crippen molar-refractivity contribution < 1.29 is 144 Å². The summed E-state index contributed by atoms with van der Waals surface area (Å²) in [5, 5.41) is 74.0. The van der Waals surface area contributed by atoms with Gasteiger partial charge < -0.3 is 80.0 Å². The van der Waals surface area contributed by atoms with Gasteiger partial charge in [0.25, 0.3) is 38.6 Å². The van der Waals surface area contributed by atoms with Crippen molar-refractivity contribution in [2.45, 2.75) is 211 Å². The Bertz CT molecular complexity index is 6360. The molecule has 12 N–H and O–H groups in total. The van der Waals surface area contributed by atoms with Crippen LogP contribution < -0.4 is 33.0 Å². The molecule has 9 aliphatic rings. The maximum atomic E-state index is 14.9. The van der Waals surface area contributed by atoms with Crippen molar-refractivity contribution >= 4 is 78.5 Å². The zero-order valence-electron chi connectivity index (χ0n) is 67.0. The minimum atomic E-state index is -5.18. The number of nitrogens with one attached hydrogen (secondary N) is 2. The number of aliphatic carboxylic acids is 1. The fourth-order valence-corrected chi connectivity index (χ4v) is 17.9. The fourth-order valence-electron chi connectivity index (χ4n) is 17.9. The quantitative estimate of drug-likeness (QED) is 0.0313. The Hall–Kier alpha value is -11.7. The van der Waals surface area contributed by atoms with E-state index in [9.17, 15) is 130 Å². The average molecular weight is 1800 g/mol. The third kappa shape index (κ3) is 14.9. The molecule has 6 aliphatic heterocycles. The number of aliphatic hydroxyl groups is 6. The van der Waals surface area contributed by atoms with Gasteiger partial charge in [-0.2, -0.15) is 47.9 Å². The fraction of sp³-hybridized carbons (Fsp3) is 0.415. The van der Waals surface area contributed by atoms with Gasteiger partial charge in [-0.25, -0.2) is 47.3 Å². The van der Waals surface area contributed by atoms with Gasteiger partial charge in [-0.3, -0.25) is 28.5 Å². The Kier molecular flexibility index (Phi) is 22.8. The van der Waals surface area contributed by atoms with Crippen LogP contribution in [0.3, 0.4) is 0 Å². The highest BCUT2D eigenvalue weighted by Gasteiger charge is 2.52. The molecule has 3 aliphatic carbocycles. The number of carbonyl (C=O) groups excluding carboxylic acids is 5. The molecule has 6 aromatic heterocycles. The molecule has 44 heteroatoms. The highest BCUT2D eigenvalue weighted by atomic mass is 32.2. The number of pyridine rings is 6. The predicted molar refractivity (Wildman–Crippen MR) is 413 cm³/mol. The Morgan fingerprint density at radius 2 is 0.754 bits per heavy atom. The standard InChI is InChI=1S/2C27H23F4N3O6.C24H22FN3O4.C3H3F3O3.CH4O3S/c2*1-3-26(39)14-6-18-21-12(8-34(18)24(37)13(14)9-40-25(26)38)20-16(33-23(36)22(35)27(29,30)31)5-4-11-10(2)15(28)7-17(32-21)19(11)20;1-3-24(31)14-6-18-21-12(8-28(18)22(29)13(14)9-32-23(24)30)19-16(26)5-4-11-10(2)15(25)7-17(27-21)20(11)19;4-3(5,6)1(7)2(8)9;1-5(2,3)4/h2*6-7,16,22,35,39H,3-5,8-9H2,1-2H3,(H,33,36);6-7,16,31H,3-5,8-9,26H2,1-2H3;1,7H,(H,8,9);1H3,(H,2,3,4)/t16-,22+,26+;16-,22-,26+;16-,24+;;/m111../s1. The zero-order chi connectivity index (χ0) is 92.5. The van der Waals surface area contributed by atoms with Crippen molar-refractivity contribution in [2.75, 3.05) is 6.26 Å². The summed E-state index contributed by atoms with van der Waals surface area (Å²) in [4.78, 5) is 126. The molecule has 126 heavy (non-hydrogen) atoms. The average Bonchev–Trinajstić information content (AvgIpc) is 1.54. The number of esters is 3. The van der Waals surface area contributed by atoms with E-state index in [2.05, 4.69) is 20.6 Å². The minimum absolute atomic E-state index is 0.0693. The van der Waals surface area contributed by atoms with Crippen LogP contribution in [0.1, 0.15) is 178 Å². The molecule has 0 bridgehead atoms. The molecule has 1 unspecified atom stereocenters. The molecule has 0 fully saturated rings. The number of aryl methyl sites for hydroxylation is 3. The van der Waals surface area contributed by atoms with Crippen molar-refractivity contribution in [3.63, 3.8) is 0 Å². The summed E-state index contributed by atoms with van der Waals surface area (Å²) in [6, 6.07) is 6.14. The van der Waals surface area contributed by atoms with Gasteiger partial charge in [-0.05, 0) is 147 Å². The number of cyclic esters (lactones) is 3. The van der Waals surface area contributed by atoms with Gasteiger partial charge in [0.2, 0.25) is 18.3 Å². The third-order valence-corrected chi connectivity index (χ3v) is 24.5. The van der Waals surface area contributed by atoms with Crippen LogP contribution in [0.2, 0.25) is 0 Å². The van der Waals surface area contributed by atoms with Crippen molar-refractivity contribution in [1.82, 2.24) is 39.3 Å². The lowest BCUT2D eigenvalue weighted by Crippen LogP contribution is -2.46. The first-order valence-corrected chi connectivity index (χ1v) is 40.7. The second-order valence-corrected chi connectivity index (χ2v) is 33.1. The van der Waals surface area contributed by atoms with E-state index in [-0.39, 0.29) is 169 Å². The molecule has 0 saturated heterocycles. The van der Waals surface area contributed by atoms with Gasteiger partial charge in [0.05, 0.1) is 105 Å². The SMILES string of the molecule is CC[C@@]1(O)C(=O)OCc2c1cc1n(c2=O)Cc2c-1nc1cc(F)c(C)c3c1c2[C@H](N)CC3.CC[C@@]1(O)C(=O)OCc2c1cc1n(c2=O)Cc2c-1nc1cc(F)c(C)c3c1c2[C@H](NC(=O)[C@@H](O)C(F)(F)F)CC3.CC[C@@]1(O)C(=O)OCc2c1cc1n(c2=O)Cc2c-1nc1cc(F)c(C)c3c1c2[C@H](NC(=O)[C@H](O)C(F)(F)F)CC3.CS(=O)(=O)O.O=C(O)C(O)C(F)(F)F. The summed E-state index contributed by atoms with van der Waals surface area (Å²) in [5.41, 5.74) is 9.48. The number of nitrogens with two attached hydrogens (primary N) is 1. The molecule has 2 amide bonds. The van der Waals surface area contributed by atoms with Gasteiger partial charge in [-0.15, -0.1) is 0 Å². The lowest BCUT2D eigenvalue weighted by Gasteiger charge is -2.31. The smallest absolute Gasteiger partial charge is 0.425 e. The molecular weight excluding hydrogens is 1720 g/mol. The Labute approximate surface area is 701 Å². The van der Waals surface area contributed by atoms with Crippen LogP contribution in [0.25, 0.3) is 66.9 Å². The number of rotatable bonds is 8. The molecule has 0 radical (unpaired) electrons. The number of hydrogen-bond acceptors (Lipinski definition) is 24. The number of hydrogen-bond donors (Lipinski definition) is 11. The second kappa shape index (κ2) is 31.7. The number of benzene rings is 3. The number of carboxylic acid groups (broad SMARTS) is 1. The number of carboxylic acids is 1. The van der Waals surface area contributed by atoms with Gasteiger partial charge in [-0.1, -0.05) is 20.8 Å². The maximum Gasteiger partial charge on any atom is 0.425 e. The van der Waals surface area contributed by atoms with E-state index in [0.29, 0.717) is 96.8 Å². The van der Waals surface area contributed by atoms with E-state index in [0.717, 1.165) is 22.1 Å².